The second-order valence-corrected chi connectivity index (χ2v) is 4.36. The topological polar surface area (TPSA) is 49.8 Å². The zero-order chi connectivity index (χ0) is 13.8. The molecule has 100 valence electrons. The maximum absolute atomic E-state index is 11.5. The molecule has 1 unspecified atom stereocenters. The predicted octanol–water partition coefficient (Wildman–Crippen LogP) is 1.98. The highest BCUT2D eigenvalue weighted by atomic mass is 16.5. The van der Waals surface area contributed by atoms with Gasteiger partial charge in [0.05, 0.1) is 12.2 Å². The Morgan fingerprint density at radius 1 is 1.28 bits per heavy atom. The third-order valence-corrected chi connectivity index (χ3v) is 3.09. The van der Waals surface area contributed by atoms with E-state index in [1.165, 1.54) is 0 Å². The quantitative estimate of drug-likeness (QED) is 0.642. The maximum atomic E-state index is 11.5. The molecule has 0 saturated heterocycles. The fraction of sp³-hybridized carbons (Fsp3) is 0.500. The van der Waals surface area contributed by atoms with Crippen molar-refractivity contribution >= 4 is 5.97 Å². The molecule has 0 saturated carbocycles. The van der Waals surface area contributed by atoms with Crippen LogP contribution in [0, 0.1) is 0 Å². The number of carbonyl (C=O) groups excluding carboxylic acids is 1. The summed E-state index contributed by atoms with van der Waals surface area (Å²) in [6, 6.07) is 6.88. The summed E-state index contributed by atoms with van der Waals surface area (Å²) in [7, 11) is 3.64. The van der Waals surface area contributed by atoms with Crippen molar-refractivity contribution in [2.24, 2.45) is 0 Å². The standard InChI is InChI=1S/C14H21NO3/c1-5-14(17,15(3)4)12-9-7-11(8-10-12)13(16)18-6-2/h7-10,17H,5-6H2,1-4H3. The number of nitrogens with zero attached hydrogens (tertiary/aromatic N) is 1. The molecule has 1 atom stereocenters. The normalized spacial score (nSPS) is 14.3. The molecule has 1 N–H and O–H groups in total. The van der Waals surface area contributed by atoms with E-state index in [-0.39, 0.29) is 5.97 Å². The first kappa shape index (κ1) is 14.7. The Morgan fingerprint density at radius 3 is 2.22 bits per heavy atom. The lowest BCUT2D eigenvalue weighted by molar-refractivity contribution is -0.0922. The first-order valence-corrected chi connectivity index (χ1v) is 6.13. The van der Waals surface area contributed by atoms with Gasteiger partial charge in [-0.1, -0.05) is 19.1 Å². The number of aliphatic hydroxyl groups is 1. The number of esters is 1. The molecule has 4 nitrogen and oxygen atoms in total. The van der Waals surface area contributed by atoms with Crippen LogP contribution in [0.5, 0.6) is 0 Å². The molecular weight excluding hydrogens is 230 g/mol. The number of hydrogen-bond donors (Lipinski definition) is 1. The zero-order valence-electron chi connectivity index (χ0n) is 11.4. The van der Waals surface area contributed by atoms with E-state index in [2.05, 4.69) is 0 Å². The summed E-state index contributed by atoms with van der Waals surface area (Å²) >= 11 is 0. The number of hydrogen-bond acceptors (Lipinski definition) is 4. The predicted molar refractivity (Wildman–Crippen MR) is 70.3 cm³/mol. The maximum Gasteiger partial charge on any atom is 0.338 e. The first-order chi connectivity index (χ1) is 8.45. The van der Waals surface area contributed by atoms with E-state index in [4.69, 9.17) is 4.74 Å². The molecule has 0 spiro atoms. The van der Waals surface area contributed by atoms with Gasteiger partial charge < -0.3 is 9.84 Å². The molecule has 1 aromatic carbocycles. The van der Waals surface area contributed by atoms with Crippen molar-refractivity contribution in [3.05, 3.63) is 35.4 Å². The summed E-state index contributed by atoms with van der Waals surface area (Å²) in [5, 5.41) is 10.5. The molecular formula is C14H21NO3. The number of benzene rings is 1. The SMILES string of the molecule is CCOC(=O)c1ccc(C(O)(CC)N(C)C)cc1. The van der Waals surface area contributed by atoms with Crippen LogP contribution in [0.2, 0.25) is 0 Å². The van der Waals surface area contributed by atoms with Crippen LogP contribution in [-0.2, 0) is 10.5 Å². The van der Waals surface area contributed by atoms with Gasteiger partial charge >= 0.3 is 5.97 Å². The van der Waals surface area contributed by atoms with Crippen molar-refractivity contribution in [3.8, 4) is 0 Å². The lowest BCUT2D eigenvalue weighted by Crippen LogP contribution is -2.40. The Morgan fingerprint density at radius 2 is 1.83 bits per heavy atom. The lowest BCUT2D eigenvalue weighted by atomic mass is 9.98. The third-order valence-electron chi connectivity index (χ3n) is 3.09. The van der Waals surface area contributed by atoms with Gasteiger partial charge in [-0.2, -0.15) is 0 Å². The van der Waals surface area contributed by atoms with Gasteiger partial charge in [0.2, 0.25) is 0 Å². The zero-order valence-corrected chi connectivity index (χ0v) is 11.4. The molecule has 18 heavy (non-hydrogen) atoms. The molecule has 0 radical (unpaired) electrons. The average molecular weight is 251 g/mol. The minimum absolute atomic E-state index is 0.339. The third kappa shape index (κ3) is 2.89. The molecule has 0 fully saturated rings. The van der Waals surface area contributed by atoms with Gasteiger partial charge in [-0.05, 0) is 45.1 Å². The van der Waals surface area contributed by atoms with Crippen molar-refractivity contribution < 1.29 is 14.6 Å². The van der Waals surface area contributed by atoms with Crippen molar-refractivity contribution in [2.75, 3.05) is 20.7 Å². The van der Waals surface area contributed by atoms with Crippen molar-refractivity contribution in [3.63, 3.8) is 0 Å². The summed E-state index contributed by atoms with van der Waals surface area (Å²) < 4.78 is 4.92. The van der Waals surface area contributed by atoms with Crippen LogP contribution >= 0.6 is 0 Å². The Balaban J connectivity index is 2.98. The van der Waals surface area contributed by atoms with E-state index in [1.807, 2.05) is 21.0 Å². The summed E-state index contributed by atoms with van der Waals surface area (Å²) in [4.78, 5) is 13.3. The Bertz CT molecular complexity index is 400. The van der Waals surface area contributed by atoms with E-state index < -0.39 is 5.72 Å². The van der Waals surface area contributed by atoms with Gasteiger partial charge in [-0.15, -0.1) is 0 Å². The summed E-state index contributed by atoms with van der Waals surface area (Å²) in [6.45, 7) is 4.05. The van der Waals surface area contributed by atoms with Gasteiger partial charge in [0.1, 0.15) is 5.72 Å². The Labute approximate surface area is 108 Å². The molecule has 0 aliphatic heterocycles. The van der Waals surface area contributed by atoms with Crippen molar-refractivity contribution in [2.45, 2.75) is 26.0 Å². The first-order valence-electron chi connectivity index (χ1n) is 6.13. The summed E-state index contributed by atoms with van der Waals surface area (Å²) in [5.74, 6) is -0.339. The van der Waals surface area contributed by atoms with Gasteiger partial charge in [0.15, 0.2) is 0 Å². The highest BCUT2D eigenvalue weighted by molar-refractivity contribution is 5.89. The van der Waals surface area contributed by atoms with E-state index in [0.717, 1.165) is 5.56 Å². The van der Waals surface area contributed by atoms with Crippen LogP contribution in [0.3, 0.4) is 0 Å². The molecule has 4 heteroatoms. The molecule has 0 bridgehead atoms. The average Bonchev–Trinajstić information content (AvgIpc) is 2.38. The van der Waals surface area contributed by atoms with E-state index in [1.54, 1.807) is 36.1 Å². The van der Waals surface area contributed by atoms with E-state index >= 15 is 0 Å². The van der Waals surface area contributed by atoms with Crippen LogP contribution in [0.4, 0.5) is 0 Å². The van der Waals surface area contributed by atoms with Crippen LogP contribution < -0.4 is 0 Å². The Kier molecular flexibility index (Phi) is 4.87. The molecule has 0 aliphatic carbocycles. The van der Waals surface area contributed by atoms with Crippen molar-refractivity contribution in [1.82, 2.24) is 4.90 Å². The fourth-order valence-electron chi connectivity index (χ4n) is 1.87. The van der Waals surface area contributed by atoms with Crippen LogP contribution in [0.1, 0.15) is 36.2 Å². The van der Waals surface area contributed by atoms with Gasteiger partial charge in [-0.25, -0.2) is 4.79 Å². The van der Waals surface area contributed by atoms with E-state index in [0.29, 0.717) is 18.6 Å². The minimum Gasteiger partial charge on any atom is -0.462 e. The molecule has 0 amide bonds. The second kappa shape index (κ2) is 5.98. The second-order valence-electron chi connectivity index (χ2n) is 4.36. The van der Waals surface area contributed by atoms with Crippen LogP contribution in [-0.4, -0.2) is 36.7 Å². The highest BCUT2D eigenvalue weighted by Crippen LogP contribution is 2.27. The molecule has 0 heterocycles. The largest absolute Gasteiger partial charge is 0.462 e. The van der Waals surface area contributed by atoms with Gasteiger partial charge in [-0.3, -0.25) is 4.90 Å². The highest BCUT2D eigenvalue weighted by Gasteiger charge is 2.29. The van der Waals surface area contributed by atoms with Crippen molar-refractivity contribution in [1.29, 1.82) is 0 Å². The van der Waals surface area contributed by atoms with Gasteiger partial charge in [0.25, 0.3) is 0 Å². The molecule has 0 aromatic heterocycles. The minimum atomic E-state index is -1.01. The Hall–Kier alpha value is -1.39. The number of ether oxygens (including phenoxy) is 1. The van der Waals surface area contributed by atoms with Gasteiger partial charge in [0, 0.05) is 0 Å². The van der Waals surface area contributed by atoms with Crippen LogP contribution in [0.25, 0.3) is 0 Å². The van der Waals surface area contributed by atoms with E-state index in [9.17, 15) is 9.90 Å². The lowest BCUT2D eigenvalue weighted by Gasteiger charge is -2.34. The summed E-state index contributed by atoms with van der Waals surface area (Å²) in [5.41, 5.74) is 0.258. The van der Waals surface area contributed by atoms with Crippen LogP contribution in [0.15, 0.2) is 24.3 Å². The molecule has 1 aromatic rings. The number of rotatable bonds is 5. The fourth-order valence-corrected chi connectivity index (χ4v) is 1.87. The monoisotopic (exact) mass is 251 g/mol. The molecule has 1 rings (SSSR count). The summed E-state index contributed by atoms with van der Waals surface area (Å²) in [6.07, 6.45) is 0.568. The number of carbonyl (C=O) groups is 1. The smallest absolute Gasteiger partial charge is 0.338 e. The molecule has 0 aliphatic rings.